The van der Waals surface area contributed by atoms with E-state index in [2.05, 4.69) is 96.2 Å². The summed E-state index contributed by atoms with van der Waals surface area (Å²) in [5.74, 6) is -1.12. The molecule has 4 aromatic rings. The fraction of sp³-hybridized carbons (Fsp3) is 0.0968. The van der Waals surface area contributed by atoms with Crippen molar-refractivity contribution in [3.8, 4) is 0 Å². The first-order chi connectivity index (χ1) is 18.0. The van der Waals surface area contributed by atoms with Crippen LogP contribution in [-0.4, -0.2) is 30.3 Å². The van der Waals surface area contributed by atoms with Gasteiger partial charge >= 0.3 is 11.9 Å². The van der Waals surface area contributed by atoms with Gasteiger partial charge in [0.15, 0.2) is 0 Å². The summed E-state index contributed by atoms with van der Waals surface area (Å²) in [4.78, 5) is 20.6. The summed E-state index contributed by atoms with van der Waals surface area (Å²) in [5, 5.41) is 14.1. The summed E-state index contributed by atoms with van der Waals surface area (Å²) in [6, 6.07) is 41.5. The van der Waals surface area contributed by atoms with Crippen LogP contribution in [0.4, 0.5) is 0 Å². The molecule has 0 saturated heterocycles. The van der Waals surface area contributed by atoms with Gasteiger partial charge in [0, 0.05) is 12.5 Å². The molecule has 0 heterocycles. The van der Waals surface area contributed by atoms with E-state index >= 15 is 0 Å². The molecule has 0 atom stereocenters. The quantitative estimate of drug-likeness (QED) is 0.192. The van der Waals surface area contributed by atoms with Crippen molar-refractivity contribution in [3.63, 3.8) is 0 Å². The summed E-state index contributed by atoms with van der Waals surface area (Å²) in [6.45, 7) is 3.16. The first kappa shape index (κ1) is 29.6. The second kappa shape index (κ2) is 17.8. The van der Waals surface area contributed by atoms with Crippen molar-refractivity contribution in [1.82, 2.24) is 0 Å². The fourth-order valence-corrected chi connectivity index (χ4v) is 6.47. The van der Waals surface area contributed by atoms with Crippen LogP contribution in [0.2, 0.25) is 0 Å². The highest BCUT2D eigenvalue weighted by Crippen LogP contribution is 2.33. The summed E-state index contributed by atoms with van der Waals surface area (Å²) in [5.41, 5.74) is 0. The van der Waals surface area contributed by atoms with E-state index in [4.69, 9.17) is 5.11 Å². The van der Waals surface area contributed by atoms with Gasteiger partial charge in [-0.1, -0.05) is 136 Å². The van der Waals surface area contributed by atoms with E-state index < -0.39 is 19.9 Å². The highest BCUT2D eigenvalue weighted by atomic mass is 31.1. The minimum Gasteiger partial charge on any atom is -0.481 e. The predicted octanol–water partition coefficient (Wildman–Crippen LogP) is 5.26. The minimum absolute atomic E-state index is 0.218. The molecule has 0 radical (unpaired) electrons. The van der Waals surface area contributed by atoms with Crippen molar-refractivity contribution in [2.75, 3.05) is 13.3 Å². The number of hydrogen-bond acceptors (Lipinski definition) is 3. The number of rotatable bonds is 8. The predicted molar refractivity (Wildman–Crippen MR) is 159 cm³/mol. The lowest BCUT2D eigenvalue weighted by molar-refractivity contribution is -0.136. The number of aliphatic carboxylic acids is 1. The van der Waals surface area contributed by atoms with Crippen molar-refractivity contribution in [2.45, 2.75) is 6.42 Å². The molecule has 0 unspecified atom stereocenters. The molecule has 190 valence electrons. The number of carbonyl (C=O) groups is 2. The second-order valence-electron chi connectivity index (χ2n) is 7.55. The average Bonchev–Trinajstić information content (AvgIpc) is 2.95. The van der Waals surface area contributed by atoms with Gasteiger partial charge in [0.25, 0.3) is 0 Å². The zero-order chi connectivity index (χ0) is 26.7. The van der Waals surface area contributed by atoms with E-state index in [1.807, 2.05) is 36.4 Å². The van der Waals surface area contributed by atoms with Crippen LogP contribution in [0.3, 0.4) is 0 Å². The Morgan fingerprint density at radius 3 is 1.43 bits per heavy atom. The largest absolute Gasteiger partial charge is 0.481 e. The summed E-state index contributed by atoms with van der Waals surface area (Å²) in [7, 11) is 1.52. The van der Waals surface area contributed by atoms with Gasteiger partial charge < -0.3 is 9.84 Å². The van der Waals surface area contributed by atoms with Crippen LogP contribution in [0.15, 0.2) is 134 Å². The maximum absolute atomic E-state index is 10.8. The van der Waals surface area contributed by atoms with Gasteiger partial charge in [0.05, 0.1) is 7.11 Å². The van der Waals surface area contributed by atoms with Gasteiger partial charge in [-0.25, -0.2) is 4.79 Å². The molecule has 4 rings (SSSR count). The van der Waals surface area contributed by atoms with Gasteiger partial charge in [0.2, 0.25) is 0 Å². The van der Waals surface area contributed by atoms with Crippen molar-refractivity contribution >= 4 is 49.7 Å². The molecule has 0 aromatic heterocycles. The molecule has 0 aliphatic rings. The second-order valence-corrected chi connectivity index (χ2v) is 11.3. The Kier molecular flexibility index (Phi) is 14.3. The lowest BCUT2D eigenvalue weighted by Gasteiger charge is -2.17. The molecular formula is C31H32O4P2. The third-order valence-corrected chi connectivity index (χ3v) is 8.65. The van der Waals surface area contributed by atoms with Crippen LogP contribution in [0.5, 0.6) is 0 Å². The molecule has 0 fully saturated rings. The van der Waals surface area contributed by atoms with Crippen LogP contribution < -0.4 is 21.2 Å². The Morgan fingerprint density at radius 1 is 0.757 bits per heavy atom. The zero-order valence-electron chi connectivity index (χ0n) is 20.9. The summed E-state index contributed by atoms with van der Waals surface area (Å²) >= 11 is 0. The smallest absolute Gasteiger partial charge is 0.329 e. The number of carboxylic acids is 1. The molecular weight excluding hydrogens is 498 g/mol. The van der Waals surface area contributed by atoms with Gasteiger partial charge in [-0.05, 0) is 35.3 Å². The highest BCUT2D eigenvalue weighted by Gasteiger charge is 2.14. The SMILES string of the molecule is C=CC(=O)OC.O=C(O)CCP(c1ccccc1)c1ccccc1.c1ccc(Pc2ccccc2)cc1. The van der Waals surface area contributed by atoms with E-state index in [-0.39, 0.29) is 6.42 Å². The third-order valence-electron chi connectivity index (χ3n) is 4.89. The topological polar surface area (TPSA) is 63.6 Å². The highest BCUT2D eigenvalue weighted by molar-refractivity contribution is 7.73. The molecule has 0 saturated carbocycles. The molecule has 37 heavy (non-hydrogen) atoms. The van der Waals surface area contributed by atoms with Crippen LogP contribution in [0, 0.1) is 0 Å². The fourth-order valence-electron chi connectivity index (χ4n) is 3.12. The van der Waals surface area contributed by atoms with E-state index in [0.29, 0.717) is 6.16 Å². The Morgan fingerprint density at radius 2 is 1.14 bits per heavy atom. The first-order valence-electron chi connectivity index (χ1n) is 11.7. The van der Waals surface area contributed by atoms with E-state index in [9.17, 15) is 9.59 Å². The molecule has 0 bridgehead atoms. The van der Waals surface area contributed by atoms with Crippen LogP contribution in [-0.2, 0) is 14.3 Å². The number of ether oxygens (including phenoxy) is 1. The molecule has 1 N–H and O–H groups in total. The Bertz CT molecular complexity index is 1110. The first-order valence-corrected chi connectivity index (χ1v) is 14.2. The monoisotopic (exact) mass is 530 g/mol. The molecule has 0 spiro atoms. The maximum Gasteiger partial charge on any atom is 0.329 e. The lowest BCUT2D eigenvalue weighted by atomic mass is 10.4. The normalized spacial score (nSPS) is 9.68. The van der Waals surface area contributed by atoms with Crippen LogP contribution in [0.1, 0.15) is 6.42 Å². The van der Waals surface area contributed by atoms with Crippen molar-refractivity contribution < 1.29 is 19.4 Å². The standard InChI is InChI=1S/C15H15O2P.C12H11P.C4H6O2/c16-15(17)11-12-18(13-7-3-1-4-8-13)14-9-5-2-6-10-14;1-3-7-11(8-4-1)13-12-9-5-2-6-10-12;1-3-4(5)6-2/h1-10H,11-12H2,(H,16,17);1-10,13H;3H,1H2,2H3. The van der Waals surface area contributed by atoms with Crippen LogP contribution in [0.25, 0.3) is 0 Å². The van der Waals surface area contributed by atoms with Gasteiger partial charge in [-0.15, -0.1) is 0 Å². The van der Waals surface area contributed by atoms with E-state index in [0.717, 1.165) is 14.7 Å². The van der Waals surface area contributed by atoms with E-state index in [1.165, 1.54) is 28.3 Å². The number of methoxy groups -OCH3 is 1. The molecule has 0 aliphatic heterocycles. The number of carboxylic acid groups (broad SMARTS) is 1. The Labute approximate surface area is 222 Å². The number of benzene rings is 4. The summed E-state index contributed by atoms with van der Waals surface area (Å²) in [6.07, 6.45) is 2.02. The van der Waals surface area contributed by atoms with Crippen LogP contribution >= 0.6 is 16.5 Å². The minimum atomic E-state index is -0.727. The average molecular weight is 531 g/mol. The lowest BCUT2D eigenvalue weighted by Crippen LogP contribution is -2.15. The third kappa shape index (κ3) is 12.3. The van der Waals surface area contributed by atoms with Crippen molar-refractivity contribution in [2.24, 2.45) is 0 Å². The van der Waals surface area contributed by atoms with Gasteiger partial charge in [-0.2, -0.15) is 0 Å². The van der Waals surface area contributed by atoms with E-state index in [1.54, 1.807) is 0 Å². The molecule has 0 aliphatic carbocycles. The molecule has 6 heteroatoms. The Hall–Kier alpha value is -3.58. The number of esters is 1. The molecule has 0 amide bonds. The molecule has 4 nitrogen and oxygen atoms in total. The van der Waals surface area contributed by atoms with Crippen molar-refractivity contribution in [3.05, 3.63) is 134 Å². The maximum atomic E-state index is 10.8. The van der Waals surface area contributed by atoms with Gasteiger partial charge in [0.1, 0.15) is 0 Å². The molecule has 4 aromatic carbocycles. The summed E-state index contributed by atoms with van der Waals surface area (Å²) < 4.78 is 4.14. The zero-order valence-corrected chi connectivity index (χ0v) is 22.8. The van der Waals surface area contributed by atoms with Gasteiger partial charge in [-0.3, -0.25) is 4.79 Å². The Balaban J connectivity index is 0.000000221. The van der Waals surface area contributed by atoms with Crippen molar-refractivity contribution in [1.29, 1.82) is 0 Å². The number of carbonyl (C=O) groups excluding carboxylic acids is 1. The number of hydrogen-bond donors (Lipinski definition) is 1.